The topological polar surface area (TPSA) is 86.2 Å². The number of phosphoric acid groups is 1. The molecule has 0 unspecified atom stereocenters. The summed E-state index contributed by atoms with van der Waals surface area (Å²) in [7, 11) is -5.39. The van der Waals surface area contributed by atoms with Crippen LogP contribution in [0.3, 0.4) is 0 Å². The van der Waals surface area contributed by atoms with Crippen molar-refractivity contribution in [3.8, 4) is 0 Å². The molecule has 0 aliphatic carbocycles. The molecule has 8 heteroatoms. The van der Waals surface area contributed by atoms with Crippen LogP contribution in [0.4, 0.5) is 0 Å². The van der Waals surface area contributed by atoms with E-state index < -0.39 is 7.82 Å². The van der Waals surface area contributed by atoms with Crippen LogP contribution in [0.1, 0.15) is 290 Å². The van der Waals surface area contributed by atoms with E-state index in [1.54, 1.807) is 0 Å². The van der Waals surface area contributed by atoms with E-state index in [1.165, 1.54) is 250 Å². The van der Waals surface area contributed by atoms with Gasteiger partial charge < -0.3 is 40.0 Å². The molecule has 0 saturated carbocycles. The molecule has 0 radical (unpaired) electrons. The summed E-state index contributed by atoms with van der Waals surface area (Å²) in [5.41, 5.74) is 0. The summed E-state index contributed by atoms with van der Waals surface area (Å²) in [6.07, 6.45) is 71.5. The summed E-state index contributed by atoms with van der Waals surface area (Å²) in [4.78, 5) is 25.6. The SMILES string of the molecule is O=P([O-])([O-])[O-].[CH2-]CCCCCCC/C=C\CCCCCCCC.[CH2-]CCCCCCC/C=C\CCCCCCCC.[CH2-]CCCCCCC/C=C\CCCCCCCC.[Zn+2].[Zn+2].[Zn+2]. The van der Waals surface area contributed by atoms with Crippen LogP contribution in [-0.2, 0) is 63.0 Å². The van der Waals surface area contributed by atoms with Crippen LogP contribution >= 0.6 is 7.82 Å². The van der Waals surface area contributed by atoms with Gasteiger partial charge in [-0.15, -0.1) is 0 Å². The predicted molar refractivity (Wildman–Crippen MR) is 262 cm³/mol. The third-order valence-electron chi connectivity index (χ3n) is 10.5. The average molecular weight is 1050 g/mol. The minimum atomic E-state index is -5.39. The fourth-order valence-corrected chi connectivity index (χ4v) is 6.74. The first-order chi connectivity index (χ1) is 28.7. The predicted octanol–water partition coefficient (Wildman–Crippen LogP) is 17.7. The van der Waals surface area contributed by atoms with Crippen LogP contribution in [0.15, 0.2) is 36.5 Å². The molecule has 0 aliphatic rings. The van der Waals surface area contributed by atoms with E-state index in [4.69, 9.17) is 19.2 Å². The Hall–Kier alpha value is 1.20. The van der Waals surface area contributed by atoms with Gasteiger partial charge in [0.15, 0.2) is 0 Å². The zero-order valence-corrected chi connectivity index (χ0v) is 52.3. The van der Waals surface area contributed by atoms with Gasteiger partial charge >= 0.3 is 58.4 Å². The van der Waals surface area contributed by atoms with E-state index >= 15 is 0 Å². The van der Waals surface area contributed by atoms with Crippen molar-refractivity contribution in [2.45, 2.75) is 290 Å². The molecule has 0 spiro atoms. The molecule has 0 saturated heterocycles. The summed E-state index contributed by atoms with van der Waals surface area (Å²) >= 11 is 0. The van der Waals surface area contributed by atoms with Gasteiger partial charge in [0.2, 0.25) is 0 Å². The molecule has 0 fully saturated rings. The molecule has 0 aliphatic heterocycles. The van der Waals surface area contributed by atoms with E-state index in [0.717, 1.165) is 19.3 Å². The van der Waals surface area contributed by atoms with Gasteiger partial charge in [-0.05, 0) is 77.0 Å². The molecular formula is C54H105O4PZn3. The molecule has 0 rings (SSSR count). The number of hydrogen-bond donors (Lipinski definition) is 0. The Morgan fingerprint density at radius 1 is 0.290 bits per heavy atom. The van der Waals surface area contributed by atoms with Crippen LogP contribution in [0.5, 0.6) is 0 Å². The maximum atomic E-state index is 8.55. The van der Waals surface area contributed by atoms with Gasteiger partial charge in [-0.25, -0.2) is 0 Å². The second-order valence-corrected chi connectivity index (χ2v) is 17.7. The molecule has 0 aromatic carbocycles. The Morgan fingerprint density at radius 3 is 0.565 bits per heavy atom. The Kier molecular flexibility index (Phi) is 95.5. The molecule has 0 N–H and O–H groups in total. The largest absolute Gasteiger partial charge is 2.00 e. The van der Waals surface area contributed by atoms with Crippen molar-refractivity contribution in [1.29, 1.82) is 0 Å². The monoisotopic (exact) mass is 1040 g/mol. The fraction of sp³-hybridized carbons (Fsp3) is 0.833. The molecule has 4 nitrogen and oxygen atoms in total. The fourth-order valence-electron chi connectivity index (χ4n) is 6.74. The Labute approximate surface area is 430 Å². The molecule has 0 bridgehead atoms. The summed E-state index contributed by atoms with van der Waals surface area (Å²) in [5, 5.41) is 0. The van der Waals surface area contributed by atoms with Gasteiger partial charge in [0, 0.05) is 0 Å². The van der Waals surface area contributed by atoms with Crippen LogP contribution in [-0.4, -0.2) is 0 Å². The smallest absolute Gasteiger partial charge is 0.822 e. The summed E-state index contributed by atoms with van der Waals surface area (Å²) in [5.74, 6) is 0. The average Bonchev–Trinajstić information content (AvgIpc) is 3.21. The molecule has 0 aromatic rings. The molecule has 0 heterocycles. The standard InChI is InChI=1S/3C18H35.H3O4P.3Zn/c3*1-3-5-7-9-11-13-15-17-18-16-14-12-10-8-6-4-2;1-5(2,3)4;;;/h3*17-18H,1,3-16H2,2H3;(H3,1,2,3,4);;;/q3*-1;;3*+2/p-3/b3*18-17-;;;;. The minimum Gasteiger partial charge on any atom is -0.822 e. The molecule has 0 amide bonds. The van der Waals surface area contributed by atoms with Gasteiger partial charge in [-0.2, -0.15) is 27.1 Å². The van der Waals surface area contributed by atoms with Crippen molar-refractivity contribution in [3.63, 3.8) is 0 Å². The summed E-state index contributed by atoms with van der Waals surface area (Å²) in [6, 6.07) is 0. The quantitative estimate of drug-likeness (QED) is 0.0200. The molecule has 62 heavy (non-hydrogen) atoms. The van der Waals surface area contributed by atoms with Crippen molar-refractivity contribution in [2.24, 2.45) is 0 Å². The van der Waals surface area contributed by atoms with E-state index in [9.17, 15) is 0 Å². The first-order valence-corrected chi connectivity index (χ1v) is 27.3. The van der Waals surface area contributed by atoms with Gasteiger partial charge in [-0.1, -0.05) is 231 Å². The maximum Gasteiger partial charge on any atom is 2.00 e. The van der Waals surface area contributed by atoms with E-state index in [0.29, 0.717) is 0 Å². The van der Waals surface area contributed by atoms with Crippen molar-refractivity contribution in [2.75, 3.05) is 0 Å². The van der Waals surface area contributed by atoms with Crippen molar-refractivity contribution < 1.29 is 77.7 Å². The minimum absolute atomic E-state index is 0. The van der Waals surface area contributed by atoms with Crippen molar-refractivity contribution in [1.82, 2.24) is 0 Å². The molecule has 356 valence electrons. The van der Waals surface area contributed by atoms with Gasteiger partial charge in [-0.3, -0.25) is 0 Å². The number of rotatable bonds is 42. The first kappa shape index (κ1) is 77.4. The second-order valence-electron chi connectivity index (χ2n) is 16.8. The molecule has 0 aromatic heterocycles. The van der Waals surface area contributed by atoms with Gasteiger partial charge in [0.05, 0.1) is 0 Å². The van der Waals surface area contributed by atoms with Crippen molar-refractivity contribution >= 4 is 7.82 Å². The first-order valence-electron chi connectivity index (χ1n) is 25.8. The summed E-state index contributed by atoms with van der Waals surface area (Å²) < 4.78 is 8.55. The second kappa shape index (κ2) is 76.5. The van der Waals surface area contributed by atoms with Crippen LogP contribution < -0.4 is 14.7 Å². The van der Waals surface area contributed by atoms with E-state index in [1.807, 2.05) is 0 Å². The zero-order chi connectivity index (χ0) is 44.4. The Bertz CT molecular complexity index is 682. The molecular weight excluding hydrogens is 940 g/mol. The Morgan fingerprint density at radius 2 is 0.419 bits per heavy atom. The van der Waals surface area contributed by atoms with Gasteiger partial charge in [0.25, 0.3) is 0 Å². The maximum absolute atomic E-state index is 8.55. The summed E-state index contributed by atoms with van der Waals surface area (Å²) in [6.45, 7) is 18.5. The molecule has 0 atom stereocenters. The normalized spacial score (nSPS) is 10.9. The number of hydrogen-bond acceptors (Lipinski definition) is 4. The number of allylic oxidation sites excluding steroid dienone is 6. The van der Waals surface area contributed by atoms with Crippen LogP contribution in [0, 0.1) is 20.8 Å². The van der Waals surface area contributed by atoms with E-state index in [-0.39, 0.29) is 58.4 Å². The van der Waals surface area contributed by atoms with Crippen molar-refractivity contribution in [3.05, 3.63) is 57.2 Å². The third-order valence-corrected chi connectivity index (χ3v) is 10.5. The van der Waals surface area contributed by atoms with Gasteiger partial charge in [0.1, 0.15) is 0 Å². The number of unbranched alkanes of at least 4 members (excludes halogenated alkanes) is 36. The van der Waals surface area contributed by atoms with E-state index in [2.05, 4.69) is 78.0 Å². The third kappa shape index (κ3) is 104. The zero-order valence-electron chi connectivity index (χ0n) is 42.5. The van der Waals surface area contributed by atoms with Crippen LogP contribution in [0.25, 0.3) is 0 Å². The Balaban J connectivity index is -0.000000135. The van der Waals surface area contributed by atoms with Crippen LogP contribution in [0.2, 0.25) is 0 Å².